The van der Waals surface area contributed by atoms with Crippen LogP contribution in [0.15, 0.2) is 59.8 Å². The number of nitrogens with zero attached hydrogens (tertiary/aromatic N) is 2. The molecule has 1 heterocycles. The minimum Gasteiger partial charge on any atom is -0.496 e. The Morgan fingerprint density at radius 1 is 1.06 bits per heavy atom. The first-order chi connectivity index (χ1) is 14.8. The molecule has 6 heteroatoms. The second-order valence-electron chi connectivity index (χ2n) is 8.06. The molecule has 0 bridgehead atoms. The third-order valence-corrected chi connectivity index (χ3v) is 4.93. The number of esters is 1. The second-order valence-corrected chi connectivity index (χ2v) is 8.06. The monoisotopic (exact) mass is 418 g/mol. The van der Waals surface area contributed by atoms with Gasteiger partial charge in [-0.3, -0.25) is 14.3 Å². The van der Waals surface area contributed by atoms with Crippen LogP contribution in [-0.4, -0.2) is 29.7 Å². The van der Waals surface area contributed by atoms with Gasteiger partial charge in [0, 0.05) is 29.2 Å². The molecule has 0 unspecified atom stereocenters. The van der Waals surface area contributed by atoms with Gasteiger partial charge in [-0.2, -0.15) is 0 Å². The maximum Gasteiger partial charge on any atom is 0.338 e. The fourth-order valence-electron chi connectivity index (χ4n) is 3.36. The van der Waals surface area contributed by atoms with Crippen molar-refractivity contribution >= 4 is 18.1 Å². The summed E-state index contributed by atoms with van der Waals surface area (Å²) in [6, 6.07) is 11.1. The Kier molecular flexibility index (Phi) is 6.39. The third kappa shape index (κ3) is 4.74. The van der Waals surface area contributed by atoms with E-state index in [1.165, 1.54) is 13.3 Å². The van der Waals surface area contributed by atoms with E-state index in [1.54, 1.807) is 36.2 Å². The van der Waals surface area contributed by atoms with E-state index in [0.29, 0.717) is 17.0 Å². The molecule has 0 radical (unpaired) electrons. The van der Waals surface area contributed by atoms with E-state index in [9.17, 15) is 9.59 Å². The Hall–Kier alpha value is -3.67. The zero-order valence-corrected chi connectivity index (χ0v) is 18.4. The number of carbonyl (C=O) groups excluding carboxylic acids is 1. The predicted octanol–water partition coefficient (Wildman–Crippen LogP) is 4.50. The first-order valence-electron chi connectivity index (χ1n) is 9.87. The van der Waals surface area contributed by atoms with Crippen molar-refractivity contribution in [3.63, 3.8) is 0 Å². The van der Waals surface area contributed by atoms with E-state index in [-0.39, 0.29) is 11.0 Å². The average Bonchev–Trinajstić information content (AvgIpc) is 2.76. The van der Waals surface area contributed by atoms with E-state index in [4.69, 9.17) is 9.47 Å². The van der Waals surface area contributed by atoms with E-state index in [1.807, 2.05) is 36.4 Å². The van der Waals surface area contributed by atoms with Gasteiger partial charge in [0.05, 0.1) is 26.0 Å². The lowest BCUT2D eigenvalue weighted by atomic mass is 9.84. The van der Waals surface area contributed by atoms with Crippen LogP contribution in [-0.2, 0) is 10.2 Å². The summed E-state index contributed by atoms with van der Waals surface area (Å²) >= 11 is 0. The highest BCUT2D eigenvalue weighted by Gasteiger charge is 2.22. The van der Waals surface area contributed by atoms with Crippen LogP contribution >= 0.6 is 0 Å². The van der Waals surface area contributed by atoms with Gasteiger partial charge in [-0.1, -0.05) is 51.1 Å². The molecule has 0 aliphatic heterocycles. The molecule has 1 aromatic heterocycles. The van der Waals surface area contributed by atoms with Gasteiger partial charge in [-0.05, 0) is 29.2 Å². The van der Waals surface area contributed by atoms with E-state index < -0.39 is 5.97 Å². The lowest BCUT2D eigenvalue weighted by Crippen LogP contribution is -2.19. The van der Waals surface area contributed by atoms with Crippen LogP contribution in [0, 0.1) is 0 Å². The lowest BCUT2D eigenvalue weighted by Gasteiger charge is -2.25. The molecule has 2 aromatic carbocycles. The Bertz CT molecular complexity index is 1190. The summed E-state index contributed by atoms with van der Waals surface area (Å²) in [5, 5.41) is 0. The molecule has 0 aliphatic carbocycles. The van der Waals surface area contributed by atoms with Crippen molar-refractivity contribution in [2.24, 2.45) is 0 Å². The smallest absolute Gasteiger partial charge is 0.338 e. The highest BCUT2D eigenvalue weighted by molar-refractivity contribution is 5.95. The molecule has 160 valence electrons. The fraction of sp³-hybridized carbons (Fsp3) is 0.240. The Morgan fingerprint density at radius 3 is 2.42 bits per heavy atom. The molecule has 3 aromatic rings. The van der Waals surface area contributed by atoms with E-state index in [2.05, 4.69) is 25.8 Å². The maximum atomic E-state index is 12.4. The molecule has 31 heavy (non-hydrogen) atoms. The van der Waals surface area contributed by atoms with Gasteiger partial charge in [0.15, 0.2) is 0 Å². The molecule has 0 N–H and O–H groups in total. The number of ether oxygens (including phenoxy) is 2. The van der Waals surface area contributed by atoms with Gasteiger partial charge >= 0.3 is 5.97 Å². The van der Waals surface area contributed by atoms with E-state index >= 15 is 0 Å². The van der Waals surface area contributed by atoms with Gasteiger partial charge in [-0.15, -0.1) is 0 Å². The Morgan fingerprint density at radius 2 is 1.77 bits per heavy atom. The maximum absolute atomic E-state index is 12.4. The van der Waals surface area contributed by atoms with Gasteiger partial charge in [0.2, 0.25) is 0 Å². The predicted molar refractivity (Wildman–Crippen MR) is 122 cm³/mol. The standard InChI is InChI=1S/C25H26N2O4/c1-25(2,3)21-15-19(27-13-12-26-16-22(27)28)14-18(23(21)30-4)11-10-17-8-6-7-9-20(17)24(29)31-5/h6-16H,1-5H3/b11-10+. The lowest BCUT2D eigenvalue weighted by molar-refractivity contribution is 0.0600. The summed E-state index contributed by atoms with van der Waals surface area (Å²) in [6.45, 7) is 6.26. The van der Waals surface area contributed by atoms with Crippen LogP contribution < -0.4 is 10.3 Å². The quantitative estimate of drug-likeness (QED) is 0.451. The Labute approximate surface area is 181 Å². The second kappa shape index (κ2) is 9.00. The zero-order valence-electron chi connectivity index (χ0n) is 18.4. The minimum atomic E-state index is -0.403. The van der Waals surface area contributed by atoms with Crippen molar-refractivity contribution in [3.05, 3.63) is 87.6 Å². The highest BCUT2D eigenvalue weighted by atomic mass is 16.5. The number of carbonyl (C=O) groups is 1. The molecule has 0 atom stereocenters. The van der Waals surface area contributed by atoms with Crippen LogP contribution in [0.1, 0.15) is 47.8 Å². The van der Waals surface area contributed by atoms with Crippen LogP contribution in [0.5, 0.6) is 5.75 Å². The van der Waals surface area contributed by atoms with Crippen LogP contribution in [0.4, 0.5) is 0 Å². The molecule has 6 nitrogen and oxygen atoms in total. The largest absolute Gasteiger partial charge is 0.496 e. The summed E-state index contributed by atoms with van der Waals surface area (Å²) < 4.78 is 12.2. The minimum absolute atomic E-state index is 0.224. The molecular weight excluding hydrogens is 392 g/mol. The number of methoxy groups -OCH3 is 2. The number of rotatable bonds is 5. The summed E-state index contributed by atoms with van der Waals surface area (Å²) in [7, 11) is 2.99. The van der Waals surface area contributed by atoms with Crippen molar-refractivity contribution in [3.8, 4) is 11.4 Å². The first-order valence-corrected chi connectivity index (χ1v) is 9.87. The molecule has 0 amide bonds. The van der Waals surface area contributed by atoms with Crippen LogP contribution in [0.2, 0.25) is 0 Å². The molecule has 0 fully saturated rings. The van der Waals surface area contributed by atoms with Crippen LogP contribution in [0.3, 0.4) is 0 Å². The number of benzene rings is 2. The topological polar surface area (TPSA) is 70.4 Å². The number of hydrogen-bond acceptors (Lipinski definition) is 5. The normalized spacial score (nSPS) is 11.5. The molecule has 0 saturated heterocycles. The average molecular weight is 418 g/mol. The van der Waals surface area contributed by atoms with Crippen molar-refractivity contribution in [2.45, 2.75) is 26.2 Å². The van der Waals surface area contributed by atoms with Gasteiger partial charge in [0.1, 0.15) is 5.75 Å². The van der Waals surface area contributed by atoms with Crippen molar-refractivity contribution in [1.29, 1.82) is 0 Å². The van der Waals surface area contributed by atoms with Gasteiger partial charge < -0.3 is 9.47 Å². The first kappa shape index (κ1) is 22.0. The van der Waals surface area contributed by atoms with Crippen LogP contribution in [0.25, 0.3) is 17.8 Å². The van der Waals surface area contributed by atoms with Gasteiger partial charge in [-0.25, -0.2) is 4.79 Å². The molecule has 3 rings (SSSR count). The highest BCUT2D eigenvalue weighted by Crippen LogP contribution is 2.37. The number of aromatic nitrogens is 2. The molecule has 0 saturated carbocycles. The summed E-state index contributed by atoms with van der Waals surface area (Å²) in [4.78, 5) is 28.4. The van der Waals surface area contributed by atoms with Crippen molar-refractivity contribution in [1.82, 2.24) is 9.55 Å². The molecular formula is C25H26N2O4. The molecule has 0 spiro atoms. The summed E-state index contributed by atoms with van der Waals surface area (Å²) in [5.74, 6) is 0.310. The third-order valence-electron chi connectivity index (χ3n) is 4.93. The van der Waals surface area contributed by atoms with Gasteiger partial charge in [0.25, 0.3) is 5.56 Å². The fourth-order valence-corrected chi connectivity index (χ4v) is 3.36. The molecule has 0 aliphatic rings. The van der Waals surface area contributed by atoms with Crippen molar-refractivity contribution in [2.75, 3.05) is 14.2 Å². The van der Waals surface area contributed by atoms with E-state index in [0.717, 1.165) is 16.7 Å². The number of hydrogen-bond donors (Lipinski definition) is 0. The SMILES string of the molecule is COC(=O)c1ccccc1/C=C/c1cc(-n2ccncc2=O)cc(C(C)(C)C)c1OC. The summed E-state index contributed by atoms with van der Waals surface area (Å²) in [6.07, 6.45) is 8.21. The summed E-state index contributed by atoms with van der Waals surface area (Å²) in [5.41, 5.74) is 3.19. The Balaban J connectivity index is 2.21. The van der Waals surface area contributed by atoms with Crippen molar-refractivity contribution < 1.29 is 14.3 Å². The zero-order chi connectivity index (χ0) is 22.6.